The number of amides is 3. The third kappa shape index (κ3) is 6.36. The van der Waals surface area contributed by atoms with Crippen LogP contribution in [0.4, 0.5) is 30.3 Å². The molecule has 5 rings (SSSR count). The maximum Gasteiger partial charge on any atom is 0.413 e. The molecule has 0 saturated carbocycles. The lowest BCUT2D eigenvalue weighted by atomic mass is 9.97. The first-order chi connectivity index (χ1) is 20.3. The minimum atomic E-state index is -1.18. The second-order valence-electron chi connectivity index (χ2n) is 11.3. The van der Waals surface area contributed by atoms with Crippen molar-refractivity contribution in [3.05, 3.63) is 40.9 Å². The molecule has 14 heteroatoms. The number of rotatable bonds is 3. The zero-order chi connectivity index (χ0) is 31.1. The fourth-order valence-corrected chi connectivity index (χ4v) is 5.37. The van der Waals surface area contributed by atoms with Crippen molar-refractivity contribution in [3.8, 4) is 17.0 Å². The number of pyridine rings is 2. The standard InChI is InChI=1S/C29H31ClFN5O7/c1-15-19(12-33-25-24(15)36(27(38)39)8-9-41-25)18-10-16-11-21(32-13-20(16)22(30)23(18)31)34-26(37)42-17-6-5-7-35(14-17)28(40)43-29(2,3)4/h10-13,17H,5-9,14H2,1-4H3,(H,38,39)(H,32,34,37). The molecule has 12 nitrogen and oxygen atoms in total. The van der Waals surface area contributed by atoms with Crippen molar-refractivity contribution in [1.82, 2.24) is 14.9 Å². The maximum atomic E-state index is 15.6. The number of hydrogen-bond acceptors (Lipinski definition) is 8. The number of nitrogens with zero attached hydrogens (tertiary/aromatic N) is 4. The molecule has 3 amide bonds. The average Bonchev–Trinajstić information content (AvgIpc) is 2.94. The number of ether oxygens (including phenoxy) is 3. The Morgan fingerprint density at radius 3 is 2.65 bits per heavy atom. The van der Waals surface area contributed by atoms with E-state index in [0.29, 0.717) is 41.3 Å². The first kappa shape index (κ1) is 30.1. The number of nitrogens with one attached hydrogen (secondary N) is 1. The van der Waals surface area contributed by atoms with Crippen LogP contribution in [0.15, 0.2) is 24.5 Å². The molecule has 0 bridgehead atoms. The number of carbonyl (C=O) groups is 3. The Kier molecular flexibility index (Phi) is 8.19. The van der Waals surface area contributed by atoms with E-state index < -0.39 is 35.8 Å². The van der Waals surface area contributed by atoms with Crippen LogP contribution < -0.4 is 15.0 Å². The Bertz CT molecular complexity index is 1610. The first-order valence-corrected chi connectivity index (χ1v) is 14.1. The van der Waals surface area contributed by atoms with Gasteiger partial charge in [0.25, 0.3) is 0 Å². The molecule has 0 aliphatic carbocycles. The summed E-state index contributed by atoms with van der Waals surface area (Å²) in [5.74, 6) is -0.452. The van der Waals surface area contributed by atoms with Crippen molar-refractivity contribution in [3.63, 3.8) is 0 Å². The number of benzene rings is 1. The Labute approximate surface area is 251 Å². The molecule has 1 saturated heterocycles. The van der Waals surface area contributed by atoms with Crippen LogP contribution >= 0.6 is 11.6 Å². The number of anilines is 2. The highest BCUT2D eigenvalue weighted by Crippen LogP contribution is 2.42. The van der Waals surface area contributed by atoms with E-state index in [1.165, 1.54) is 29.4 Å². The summed E-state index contributed by atoms with van der Waals surface area (Å²) >= 11 is 6.40. The van der Waals surface area contributed by atoms with Gasteiger partial charge in [0, 0.05) is 35.5 Å². The molecule has 1 unspecified atom stereocenters. The molecule has 2 N–H and O–H groups in total. The van der Waals surface area contributed by atoms with Gasteiger partial charge in [0.05, 0.1) is 18.1 Å². The number of piperidine rings is 1. The van der Waals surface area contributed by atoms with Gasteiger partial charge in [-0.1, -0.05) is 11.6 Å². The molecule has 3 aromatic rings. The van der Waals surface area contributed by atoms with E-state index in [1.54, 1.807) is 27.7 Å². The van der Waals surface area contributed by atoms with E-state index in [4.69, 9.17) is 25.8 Å². The molecule has 0 radical (unpaired) electrons. The molecule has 4 heterocycles. The van der Waals surface area contributed by atoms with Crippen molar-refractivity contribution in [2.24, 2.45) is 0 Å². The third-order valence-electron chi connectivity index (χ3n) is 7.05. The lowest BCUT2D eigenvalue weighted by molar-refractivity contribution is 0.000859. The summed E-state index contributed by atoms with van der Waals surface area (Å²) in [7, 11) is 0. The number of fused-ring (bicyclic) bond motifs is 2. The van der Waals surface area contributed by atoms with Crippen molar-refractivity contribution >= 4 is 52.2 Å². The first-order valence-electron chi connectivity index (χ1n) is 13.7. The molecule has 1 atom stereocenters. The molecule has 1 fully saturated rings. The van der Waals surface area contributed by atoms with Crippen LogP contribution in [0, 0.1) is 12.7 Å². The summed E-state index contributed by atoms with van der Waals surface area (Å²) in [6.07, 6.45) is 1.02. The molecule has 0 spiro atoms. The minimum Gasteiger partial charge on any atom is -0.474 e. The zero-order valence-electron chi connectivity index (χ0n) is 24.1. The summed E-state index contributed by atoms with van der Waals surface area (Å²) < 4.78 is 32.1. The van der Waals surface area contributed by atoms with Crippen molar-refractivity contribution < 1.29 is 38.1 Å². The van der Waals surface area contributed by atoms with Crippen LogP contribution in [0.25, 0.3) is 21.9 Å². The van der Waals surface area contributed by atoms with Crippen molar-refractivity contribution in [2.75, 3.05) is 36.5 Å². The molecule has 43 heavy (non-hydrogen) atoms. The van der Waals surface area contributed by atoms with Crippen LogP contribution in [0.3, 0.4) is 0 Å². The Morgan fingerprint density at radius 2 is 1.93 bits per heavy atom. The fraction of sp³-hybridized carbons (Fsp3) is 0.414. The number of carboxylic acid groups (broad SMARTS) is 1. The van der Waals surface area contributed by atoms with E-state index in [1.807, 2.05) is 0 Å². The summed E-state index contributed by atoms with van der Waals surface area (Å²) in [4.78, 5) is 48.0. The van der Waals surface area contributed by atoms with E-state index in [2.05, 4.69) is 15.3 Å². The summed E-state index contributed by atoms with van der Waals surface area (Å²) in [6, 6.07) is 3.05. The smallest absolute Gasteiger partial charge is 0.413 e. The van der Waals surface area contributed by atoms with Gasteiger partial charge in [0.1, 0.15) is 35.6 Å². The molecule has 2 aliphatic rings. The fourth-order valence-electron chi connectivity index (χ4n) is 5.11. The van der Waals surface area contributed by atoms with E-state index >= 15 is 4.39 Å². The number of likely N-dealkylation sites (tertiary alicyclic amines) is 1. The lowest BCUT2D eigenvalue weighted by Crippen LogP contribution is -2.46. The number of halogens is 2. The van der Waals surface area contributed by atoms with E-state index in [0.717, 1.165) is 4.90 Å². The van der Waals surface area contributed by atoms with Crippen LogP contribution in [0.1, 0.15) is 39.2 Å². The number of carbonyl (C=O) groups excluding carboxylic acids is 2. The van der Waals surface area contributed by atoms with Crippen LogP contribution in [-0.4, -0.2) is 76.2 Å². The molecular weight excluding hydrogens is 585 g/mol. The van der Waals surface area contributed by atoms with Crippen LogP contribution in [-0.2, 0) is 9.47 Å². The van der Waals surface area contributed by atoms with Gasteiger partial charge in [-0.3, -0.25) is 10.2 Å². The lowest BCUT2D eigenvalue weighted by Gasteiger charge is -2.33. The summed E-state index contributed by atoms with van der Waals surface area (Å²) in [5.41, 5.74) is 0.461. The van der Waals surface area contributed by atoms with Gasteiger partial charge >= 0.3 is 18.3 Å². The van der Waals surface area contributed by atoms with Gasteiger partial charge in [0.15, 0.2) is 0 Å². The Morgan fingerprint density at radius 1 is 1.16 bits per heavy atom. The summed E-state index contributed by atoms with van der Waals surface area (Å²) in [5, 5.41) is 12.8. The van der Waals surface area contributed by atoms with E-state index in [-0.39, 0.29) is 47.7 Å². The zero-order valence-corrected chi connectivity index (χ0v) is 24.8. The van der Waals surface area contributed by atoms with Gasteiger partial charge in [-0.15, -0.1) is 0 Å². The highest BCUT2D eigenvalue weighted by atomic mass is 35.5. The van der Waals surface area contributed by atoms with E-state index in [9.17, 15) is 19.5 Å². The summed E-state index contributed by atoms with van der Waals surface area (Å²) in [6.45, 7) is 7.95. The SMILES string of the molecule is Cc1c(-c2cc3cc(NC(=O)OC4CCCN(C(=O)OC(C)(C)C)C4)ncc3c(Cl)c2F)cnc2c1N(C(=O)O)CCO2. The minimum absolute atomic E-state index is 0.0883. The van der Waals surface area contributed by atoms with Crippen LogP contribution in [0.2, 0.25) is 5.02 Å². The molecule has 2 aromatic heterocycles. The predicted molar refractivity (Wildman–Crippen MR) is 156 cm³/mol. The second-order valence-corrected chi connectivity index (χ2v) is 11.7. The number of hydrogen-bond donors (Lipinski definition) is 2. The molecule has 1 aromatic carbocycles. The molecular formula is C29H31ClFN5O7. The Hall–Kier alpha value is -4.39. The van der Waals surface area contributed by atoms with Gasteiger partial charge in [-0.25, -0.2) is 28.7 Å². The molecule has 2 aliphatic heterocycles. The normalized spacial score (nSPS) is 16.7. The highest BCUT2D eigenvalue weighted by molar-refractivity contribution is 6.36. The van der Waals surface area contributed by atoms with Crippen molar-refractivity contribution in [1.29, 1.82) is 0 Å². The average molecular weight is 616 g/mol. The third-order valence-corrected chi connectivity index (χ3v) is 7.42. The topological polar surface area (TPSA) is 143 Å². The monoisotopic (exact) mass is 615 g/mol. The van der Waals surface area contributed by atoms with Crippen LogP contribution in [0.5, 0.6) is 5.88 Å². The predicted octanol–water partition coefficient (Wildman–Crippen LogP) is 6.22. The van der Waals surface area contributed by atoms with Gasteiger partial charge in [0.2, 0.25) is 5.88 Å². The quantitative estimate of drug-likeness (QED) is 0.351. The van der Waals surface area contributed by atoms with Gasteiger partial charge < -0.3 is 24.2 Å². The highest BCUT2D eigenvalue weighted by Gasteiger charge is 2.31. The van der Waals surface area contributed by atoms with Gasteiger partial charge in [-0.05, 0) is 63.6 Å². The van der Waals surface area contributed by atoms with Gasteiger partial charge in [-0.2, -0.15) is 0 Å². The second kappa shape index (κ2) is 11.7. The maximum absolute atomic E-state index is 15.6. The van der Waals surface area contributed by atoms with Crippen molar-refractivity contribution in [2.45, 2.75) is 52.2 Å². The Balaban J connectivity index is 1.37. The number of aromatic nitrogens is 2. The largest absolute Gasteiger partial charge is 0.474 e. The molecule has 228 valence electrons.